The van der Waals surface area contributed by atoms with Crippen molar-refractivity contribution in [3.8, 4) is 11.1 Å². The molecule has 19 heavy (non-hydrogen) atoms. The zero-order valence-electron chi connectivity index (χ0n) is 10.0. The minimum atomic E-state index is -1.20. The molecule has 2 aromatic rings. The van der Waals surface area contributed by atoms with Gasteiger partial charge < -0.3 is 5.11 Å². The van der Waals surface area contributed by atoms with E-state index < -0.39 is 10.9 Å². The van der Waals surface area contributed by atoms with Gasteiger partial charge in [0, 0.05) is 24.0 Å². The van der Waals surface area contributed by atoms with E-state index in [1.807, 2.05) is 6.92 Å². The number of rotatable bonds is 3. The quantitative estimate of drug-likeness (QED) is 0.674. The molecular weight excluding hydrogens is 248 g/mol. The summed E-state index contributed by atoms with van der Waals surface area (Å²) in [6.07, 6.45) is 3.15. The van der Waals surface area contributed by atoms with Crippen LogP contribution in [0.15, 0.2) is 36.7 Å². The lowest BCUT2D eigenvalue weighted by Crippen LogP contribution is -1.99. The van der Waals surface area contributed by atoms with Crippen molar-refractivity contribution in [3.63, 3.8) is 0 Å². The Morgan fingerprint density at radius 2 is 2.05 bits per heavy atom. The molecule has 2 rings (SSSR count). The Hall–Kier alpha value is -2.76. The first kappa shape index (κ1) is 12.7. The van der Waals surface area contributed by atoms with Gasteiger partial charge in [0.25, 0.3) is 5.69 Å². The van der Waals surface area contributed by atoms with Crippen LogP contribution in [0, 0.1) is 17.0 Å². The third kappa shape index (κ3) is 2.57. The number of hydrogen-bond acceptors (Lipinski definition) is 4. The third-order valence-electron chi connectivity index (χ3n) is 2.63. The second-order valence-corrected chi connectivity index (χ2v) is 4.05. The average Bonchev–Trinajstić information content (AvgIpc) is 2.37. The summed E-state index contributed by atoms with van der Waals surface area (Å²) in [5.74, 6) is -1.20. The monoisotopic (exact) mass is 258 g/mol. The Morgan fingerprint density at radius 1 is 1.32 bits per heavy atom. The van der Waals surface area contributed by atoms with Gasteiger partial charge in [-0.1, -0.05) is 0 Å². The normalized spacial score (nSPS) is 10.2. The number of aryl methyl sites for hydroxylation is 1. The number of aromatic carboxylic acids is 1. The standard InChI is InChI=1S/C13H10N2O4/c1-8-4-10(7-14-6-8)11-3-2-9(13(16)17)5-12(11)15(18)19/h2-7H,1H3,(H,16,17). The number of nitrogens with zero attached hydrogens (tertiary/aromatic N) is 2. The SMILES string of the molecule is Cc1cncc(-c2ccc(C(=O)O)cc2[N+](=O)[O-])c1. The summed E-state index contributed by atoms with van der Waals surface area (Å²) in [4.78, 5) is 25.3. The molecule has 0 spiro atoms. The molecule has 0 aliphatic carbocycles. The highest BCUT2D eigenvalue weighted by molar-refractivity contribution is 5.90. The molecule has 1 N–H and O–H groups in total. The van der Waals surface area contributed by atoms with E-state index in [2.05, 4.69) is 4.98 Å². The maximum absolute atomic E-state index is 11.0. The number of aromatic nitrogens is 1. The predicted octanol–water partition coefficient (Wildman–Crippen LogP) is 2.66. The summed E-state index contributed by atoms with van der Waals surface area (Å²) in [6, 6.07) is 5.58. The summed E-state index contributed by atoms with van der Waals surface area (Å²) in [5.41, 5.74) is 1.45. The van der Waals surface area contributed by atoms with Gasteiger partial charge in [-0.2, -0.15) is 0 Å². The van der Waals surface area contributed by atoms with Gasteiger partial charge in [-0.15, -0.1) is 0 Å². The molecule has 0 unspecified atom stereocenters. The van der Waals surface area contributed by atoms with Crippen molar-refractivity contribution in [1.82, 2.24) is 4.98 Å². The molecule has 0 amide bonds. The minimum Gasteiger partial charge on any atom is -0.478 e. The maximum Gasteiger partial charge on any atom is 0.335 e. The molecule has 1 heterocycles. The molecule has 0 aliphatic rings. The first-order valence-electron chi connectivity index (χ1n) is 5.43. The van der Waals surface area contributed by atoms with Gasteiger partial charge in [0.2, 0.25) is 0 Å². The molecular formula is C13H10N2O4. The highest BCUT2D eigenvalue weighted by atomic mass is 16.6. The van der Waals surface area contributed by atoms with E-state index in [0.29, 0.717) is 11.1 Å². The Balaban J connectivity index is 2.63. The lowest BCUT2D eigenvalue weighted by atomic mass is 10.0. The van der Waals surface area contributed by atoms with E-state index in [1.54, 1.807) is 12.3 Å². The lowest BCUT2D eigenvalue weighted by molar-refractivity contribution is -0.384. The van der Waals surface area contributed by atoms with E-state index >= 15 is 0 Å². The molecule has 6 nitrogen and oxygen atoms in total. The van der Waals surface area contributed by atoms with Crippen molar-refractivity contribution in [2.24, 2.45) is 0 Å². The van der Waals surface area contributed by atoms with Crippen LogP contribution in [-0.4, -0.2) is 21.0 Å². The average molecular weight is 258 g/mol. The maximum atomic E-state index is 11.0. The van der Waals surface area contributed by atoms with Gasteiger partial charge in [-0.05, 0) is 30.7 Å². The topological polar surface area (TPSA) is 93.3 Å². The van der Waals surface area contributed by atoms with E-state index in [9.17, 15) is 14.9 Å². The highest BCUT2D eigenvalue weighted by Gasteiger charge is 2.18. The van der Waals surface area contributed by atoms with Gasteiger partial charge >= 0.3 is 5.97 Å². The van der Waals surface area contributed by atoms with Crippen molar-refractivity contribution < 1.29 is 14.8 Å². The largest absolute Gasteiger partial charge is 0.478 e. The summed E-state index contributed by atoms with van der Waals surface area (Å²) in [7, 11) is 0. The fourth-order valence-corrected chi connectivity index (χ4v) is 1.76. The molecule has 96 valence electrons. The van der Waals surface area contributed by atoms with Crippen molar-refractivity contribution in [1.29, 1.82) is 0 Å². The molecule has 0 saturated carbocycles. The Morgan fingerprint density at radius 3 is 2.63 bits per heavy atom. The minimum absolute atomic E-state index is 0.115. The van der Waals surface area contributed by atoms with Gasteiger partial charge in [-0.3, -0.25) is 15.1 Å². The fraction of sp³-hybridized carbons (Fsp3) is 0.0769. The smallest absolute Gasteiger partial charge is 0.335 e. The summed E-state index contributed by atoms with van der Waals surface area (Å²) >= 11 is 0. The van der Waals surface area contributed by atoms with Crippen molar-refractivity contribution >= 4 is 11.7 Å². The van der Waals surface area contributed by atoms with Crippen LogP contribution >= 0.6 is 0 Å². The molecule has 1 aromatic carbocycles. The van der Waals surface area contributed by atoms with Gasteiger partial charge in [0.15, 0.2) is 0 Å². The lowest BCUT2D eigenvalue weighted by Gasteiger charge is -2.04. The highest BCUT2D eigenvalue weighted by Crippen LogP contribution is 2.30. The molecule has 0 bridgehead atoms. The van der Waals surface area contributed by atoms with Crippen LogP contribution in [0.5, 0.6) is 0 Å². The Bertz CT molecular complexity index is 667. The van der Waals surface area contributed by atoms with Crippen molar-refractivity contribution in [2.45, 2.75) is 6.92 Å². The first-order chi connectivity index (χ1) is 8.99. The predicted molar refractivity (Wildman–Crippen MR) is 68.0 cm³/mol. The van der Waals surface area contributed by atoms with Crippen LogP contribution in [0.2, 0.25) is 0 Å². The van der Waals surface area contributed by atoms with Crippen molar-refractivity contribution in [2.75, 3.05) is 0 Å². The van der Waals surface area contributed by atoms with Gasteiger partial charge in [0.1, 0.15) is 0 Å². The number of carboxylic acid groups (broad SMARTS) is 1. The van der Waals surface area contributed by atoms with Gasteiger partial charge in [0.05, 0.1) is 16.1 Å². The molecule has 0 fully saturated rings. The first-order valence-corrected chi connectivity index (χ1v) is 5.43. The molecule has 1 aromatic heterocycles. The molecule has 0 radical (unpaired) electrons. The van der Waals surface area contributed by atoms with E-state index in [0.717, 1.165) is 11.6 Å². The van der Waals surface area contributed by atoms with Crippen LogP contribution in [0.25, 0.3) is 11.1 Å². The zero-order chi connectivity index (χ0) is 14.0. The number of pyridine rings is 1. The van der Waals surface area contributed by atoms with E-state index in [-0.39, 0.29) is 11.3 Å². The zero-order valence-corrected chi connectivity index (χ0v) is 10.0. The van der Waals surface area contributed by atoms with Crippen LogP contribution in [0.3, 0.4) is 0 Å². The van der Waals surface area contributed by atoms with Crippen LogP contribution < -0.4 is 0 Å². The number of carboxylic acids is 1. The van der Waals surface area contributed by atoms with E-state index in [4.69, 9.17) is 5.11 Å². The number of nitro groups is 1. The summed E-state index contributed by atoms with van der Waals surface area (Å²) in [6.45, 7) is 1.83. The van der Waals surface area contributed by atoms with Crippen molar-refractivity contribution in [3.05, 3.63) is 57.9 Å². The number of carbonyl (C=O) groups is 1. The fourth-order valence-electron chi connectivity index (χ4n) is 1.76. The number of nitro benzene ring substituents is 1. The molecule has 0 aliphatic heterocycles. The van der Waals surface area contributed by atoms with Crippen LogP contribution in [-0.2, 0) is 0 Å². The summed E-state index contributed by atoms with van der Waals surface area (Å²) in [5, 5.41) is 19.9. The van der Waals surface area contributed by atoms with Crippen LogP contribution in [0.4, 0.5) is 5.69 Å². The Labute approximate surface area is 108 Å². The second kappa shape index (κ2) is 4.85. The van der Waals surface area contributed by atoms with Crippen LogP contribution in [0.1, 0.15) is 15.9 Å². The number of hydrogen-bond donors (Lipinski definition) is 1. The molecule has 0 saturated heterocycles. The molecule has 6 heteroatoms. The van der Waals surface area contributed by atoms with E-state index in [1.165, 1.54) is 18.3 Å². The number of benzene rings is 1. The summed E-state index contributed by atoms with van der Waals surface area (Å²) < 4.78 is 0. The van der Waals surface area contributed by atoms with Gasteiger partial charge in [-0.25, -0.2) is 4.79 Å². The molecule has 0 atom stereocenters. The second-order valence-electron chi connectivity index (χ2n) is 4.05. The Kier molecular flexibility index (Phi) is 3.24. The third-order valence-corrected chi connectivity index (χ3v) is 2.63.